The number of hydrogen-bond donors (Lipinski definition) is 0. The smallest absolute Gasteiger partial charge is 0.208 e. The average molecular weight is 274 g/mol. The van der Waals surface area contributed by atoms with Crippen molar-refractivity contribution < 1.29 is 9.13 Å². The summed E-state index contributed by atoms with van der Waals surface area (Å²) in [6.45, 7) is 4.34. The molecule has 0 aromatic heterocycles. The predicted molar refractivity (Wildman–Crippen MR) is 82.2 cm³/mol. The molecule has 0 heterocycles. The molecule has 2 heteroatoms. The molecule has 0 aromatic carbocycles. The van der Waals surface area contributed by atoms with Crippen molar-refractivity contribution in [1.82, 2.24) is 0 Å². The van der Waals surface area contributed by atoms with Crippen LogP contribution >= 0.6 is 0 Å². The molecule has 0 aliphatic heterocycles. The summed E-state index contributed by atoms with van der Waals surface area (Å²) in [5.74, 6) is -1.36. The molecule has 116 valence electrons. The van der Waals surface area contributed by atoms with E-state index in [4.69, 9.17) is 4.74 Å². The molecular formula is C17H35FO. The molecule has 0 amide bonds. The van der Waals surface area contributed by atoms with Gasteiger partial charge in [0.2, 0.25) is 5.85 Å². The largest absolute Gasteiger partial charge is 0.349 e. The Hall–Kier alpha value is -0.110. The fourth-order valence-electron chi connectivity index (χ4n) is 2.47. The zero-order valence-electron chi connectivity index (χ0n) is 13.5. The van der Waals surface area contributed by atoms with E-state index >= 15 is 0 Å². The fourth-order valence-corrected chi connectivity index (χ4v) is 2.47. The molecule has 0 rings (SSSR count). The van der Waals surface area contributed by atoms with Crippen LogP contribution in [0.5, 0.6) is 0 Å². The van der Waals surface area contributed by atoms with Crippen LogP contribution in [-0.2, 0) is 4.74 Å². The van der Waals surface area contributed by atoms with E-state index in [1.165, 1.54) is 52.1 Å². The summed E-state index contributed by atoms with van der Waals surface area (Å²) in [4.78, 5) is 0. The van der Waals surface area contributed by atoms with Crippen molar-refractivity contribution in [1.29, 1.82) is 0 Å². The van der Waals surface area contributed by atoms with Crippen LogP contribution in [0.15, 0.2) is 0 Å². The van der Waals surface area contributed by atoms with Gasteiger partial charge in [0.15, 0.2) is 0 Å². The van der Waals surface area contributed by atoms with Crippen LogP contribution in [0.2, 0.25) is 0 Å². The van der Waals surface area contributed by atoms with E-state index in [0.717, 1.165) is 25.7 Å². The minimum Gasteiger partial charge on any atom is -0.349 e. The number of unbranched alkanes of at least 4 members (excludes halogenated alkanes) is 9. The van der Waals surface area contributed by atoms with Gasteiger partial charge in [-0.3, -0.25) is 0 Å². The normalized spacial score (nSPS) is 14.5. The van der Waals surface area contributed by atoms with Crippen LogP contribution in [0.1, 0.15) is 97.3 Å². The van der Waals surface area contributed by atoms with Gasteiger partial charge in [-0.15, -0.1) is 0 Å². The Morgan fingerprint density at radius 2 is 1.11 bits per heavy atom. The van der Waals surface area contributed by atoms with Crippen molar-refractivity contribution in [2.24, 2.45) is 0 Å². The topological polar surface area (TPSA) is 9.23 Å². The van der Waals surface area contributed by atoms with E-state index in [2.05, 4.69) is 13.8 Å². The summed E-state index contributed by atoms with van der Waals surface area (Å²) in [7, 11) is 1.50. The Kier molecular flexibility index (Phi) is 12.8. The van der Waals surface area contributed by atoms with E-state index in [1.807, 2.05) is 0 Å². The van der Waals surface area contributed by atoms with E-state index in [0.29, 0.717) is 12.8 Å². The predicted octanol–water partition coefficient (Wildman–Crippen LogP) is 6.41. The lowest BCUT2D eigenvalue weighted by molar-refractivity contribution is -0.134. The van der Waals surface area contributed by atoms with Gasteiger partial charge < -0.3 is 4.74 Å². The molecule has 0 spiro atoms. The monoisotopic (exact) mass is 274 g/mol. The van der Waals surface area contributed by atoms with Gasteiger partial charge in [-0.1, -0.05) is 71.6 Å². The molecule has 0 N–H and O–H groups in total. The number of halogens is 1. The van der Waals surface area contributed by atoms with Crippen LogP contribution in [0.4, 0.5) is 4.39 Å². The average Bonchev–Trinajstić information content (AvgIpc) is 2.43. The Bertz CT molecular complexity index is 184. The van der Waals surface area contributed by atoms with E-state index < -0.39 is 5.85 Å². The van der Waals surface area contributed by atoms with Crippen molar-refractivity contribution in [3.63, 3.8) is 0 Å². The van der Waals surface area contributed by atoms with E-state index in [-0.39, 0.29) is 0 Å². The van der Waals surface area contributed by atoms with Gasteiger partial charge in [-0.25, -0.2) is 4.39 Å². The first-order valence-corrected chi connectivity index (χ1v) is 8.42. The summed E-state index contributed by atoms with van der Waals surface area (Å²) in [6.07, 6.45) is 14.5. The molecule has 1 nitrogen and oxygen atoms in total. The number of methoxy groups -OCH3 is 1. The number of alkyl halides is 1. The third kappa shape index (κ3) is 11.4. The second kappa shape index (κ2) is 12.9. The van der Waals surface area contributed by atoms with Crippen LogP contribution in [0.25, 0.3) is 0 Å². The summed E-state index contributed by atoms with van der Waals surface area (Å²) in [5.41, 5.74) is 0. The van der Waals surface area contributed by atoms with Crippen molar-refractivity contribution in [3.8, 4) is 0 Å². The summed E-state index contributed by atoms with van der Waals surface area (Å²) >= 11 is 0. The molecule has 0 aromatic rings. The maximum atomic E-state index is 14.2. The van der Waals surface area contributed by atoms with Crippen LogP contribution in [-0.4, -0.2) is 13.0 Å². The van der Waals surface area contributed by atoms with E-state index in [1.54, 1.807) is 0 Å². The molecule has 0 saturated heterocycles. The highest BCUT2D eigenvalue weighted by atomic mass is 19.2. The van der Waals surface area contributed by atoms with Gasteiger partial charge in [0, 0.05) is 20.0 Å². The van der Waals surface area contributed by atoms with Gasteiger partial charge in [0.1, 0.15) is 0 Å². The van der Waals surface area contributed by atoms with Crippen LogP contribution < -0.4 is 0 Å². The highest BCUT2D eigenvalue weighted by molar-refractivity contribution is 4.67. The minimum atomic E-state index is -1.36. The minimum absolute atomic E-state index is 0.553. The third-order valence-electron chi connectivity index (χ3n) is 3.92. The van der Waals surface area contributed by atoms with Crippen molar-refractivity contribution in [2.45, 2.75) is 103 Å². The molecule has 0 radical (unpaired) electrons. The summed E-state index contributed by atoms with van der Waals surface area (Å²) in [6, 6.07) is 0. The molecule has 0 saturated carbocycles. The van der Waals surface area contributed by atoms with Crippen LogP contribution in [0.3, 0.4) is 0 Å². The maximum Gasteiger partial charge on any atom is 0.208 e. The lowest BCUT2D eigenvalue weighted by Crippen LogP contribution is -2.25. The highest BCUT2D eigenvalue weighted by Gasteiger charge is 2.27. The van der Waals surface area contributed by atoms with E-state index in [9.17, 15) is 4.39 Å². The lowest BCUT2D eigenvalue weighted by atomic mass is 10.0. The SMILES string of the molecule is CCCCCCCCCCCC(F)(CCCC)OC. The fraction of sp³-hybridized carbons (Fsp3) is 1.00. The number of hydrogen-bond acceptors (Lipinski definition) is 1. The zero-order chi connectivity index (χ0) is 14.4. The number of ether oxygens (including phenoxy) is 1. The summed E-state index contributed by atoms with van der Waals surface area (Å²) < 4.78 is 19.2. The summed E-state index contributed by atoms with van der Waals surface area (Å²) in [5, 5.41) is 0. The van der Waals surface area contributed by atoms with Crippen molar-refractivity contribution >= 4 is 0 Å². The molecule has 0 aliphatic rings. The third-order valence-corrected chi connectivity index (χ3v) is 3.92. The zero-order valence-corrected chi connectivity index (χ0v) is 13.5. The van der Waals surface area contributed by atoms with Gasteiger partial charge in [0.25, 0.3) is 0 Å². The van der Waals surface area contributed by atoms with Crippen molar-refractivity contribution in [3.05, 3.63) is 0 Å². The maximum absolute atomic E-state index is 14.2. The Morgan fingerprint density at radius 1 is 0.684 bits per heavy atom. The molecule has 0 fully saturated rings. The first kappa shape index (κ1) is 18.9. The van der Waals surface area contributed by atoms with Gasteiger partial charge in [-0.05, 0) is 12.8 Å². The van der Waals surface area contributed by atoms with Gasteiger partial charge in [0.05, 0.1) is 0 Å². The molecule has 0 bridgehead atoms. The number of rotatable bonds is 14. The quantitative estimate of drug-likeness (QED) is 0.332. The Morgan fingerprint density at radius 3 is 1.58 bits per heavy atom. The Balaban J connectivity index is 3.40. The second-order valence-corrected chi connectivity index (χ2v) is 5.77. The molecular weight excluding hydrogens is 239 g/mol. The van der Waals surface area contributed by atoms with Crippen LogP contribution in [0, 0.1) is 0 Å². The standard InChI is InChI=1S/C17H35FO/c1-4-6-8-9-10-11-12-13-14-16-17(18,19-3)15-7-5-2/h4-16H2,1-3H3. The van der Waals surface area contributed by atoms with Gasteiger partial charge in [-0.2, -0.15) is 0 Å². The first-order valence-electron chi connectivity index (χ1n) is 8.42. The molecule has 1 unspecified atom stereocenters. The lowest BCUT2D eigenvalue weighted by Gasteiger charge is -2.23. The first-order chi connectivity index (χ1) is 9.18. The van der Waals surface area contributed by atoms with Gasteiger partial charge >= 0.3 is 0 Å². The second-order valence-electron chi connectivity index (χ2n) is 5.77. The molecule has 1 atom stereocenters. The van der Waals surface area contributed by atoms with Crippen molar-refractivity contribution in [2.75, 3.05) is 7.11 Å². The molecule has 19 heavy (non-hydrogen) atoms. The Labute approximate surface area is 120 Å². The molecule has 0 aliphatic carbocycles. The highest BCUT2D eigenvalue weighted by Crippen LogP contribution is 2.27.